The van der Waals surface area contributed by atoms with E-state index >= 15 is 0 Å². The molecule has 0 fully saturated rings. The van der Waals surface area contributed by atoms with Crippen molar-refractivity contribution in [3.63, 3.8) is 0 Å². The number of nitrogens with one attached hydrogen (secondary N) is 1. The highest BCUT2D eigenvalue weighted by Gasteiger charge is 2.15. The second-order valence-electron chi connectivity index (χ2n) is 5.20. The van der Waals surface area contributed by atoms with Gasteiger partial charge in [0.15, 0.2) is 11.5 Å². The summed E-state index contributed by atoms with van der Waals surface area (Å²) in [6.07, 6.45) is 1.71. The lowest BCUT2D eigenvalue weighted by Gasteiger charge is -2.25. The number of nitrogens with two attached hydrogens (primary N) is 1. The number of aryl methyl sites for hydroxylation is 1. The van der Waals surface area contributed by atoms with Gasteiger partial charge in [0.1, 0.15) is 5.82 Å². The zero-order valence-corrected chi connectivity index (χ0v) is 13.0. The molecule has 0 spiro atoms. The van der Waals surface area contributed by atoms with E-state index in [1.165, 1.54) is 0 Å². The molecule has 0 bridgehead atoms. The third kappa shape index (κ3) is 3.46. The smallest absolute Gasteiger partial charge is 0.163 e. The average molecular weight is 293 g/mol. The molecule has 2 aromatic rings. The lowest BCUT2D eigenvalue weighted by atomic mass is 10.3. The third-order valence-electron chi connectivity index (χ3n) is 3.43. The van der Waals surface area contributed by atoms with Gasteiger partial charge in [-0.3, -0.25) is 9.58 Å². The van der Waals surface area contributed by atoms with E-state index in [4.69, 9.17) is 10.6 Å². The minimum absolute atomic E-state index is 0.375. The Morgan fingerprint density at radius 1 is 1.43 bits per heavy atom. The Morgan fingerprint density at radius 2 is 2.19 bits per heavy atom. The minimum atomic E-state index is 0.375. The normalized spacial score (nSPS) is 11.8. The van der Waals surface area contributed by atoms with Crippen LogP contribution in [0.5, 0.6) is 0 Å². The van der Waals surface area contributed by atoms with Gasteiger partial charge in [-0.25, -0.2) is 15.8 Å². The number of ether oxygens (including phenoxy) is 1. The maximum absolute atomic E-state index is 5.55. The van der Waals surface area contributed by atoms with Gasteiger partial charge in [-0.2, -0.15) is 5.10 Å². The summed E-state index contributed by atoms with van der Waals surface area (Å²) in [7, 11) is 3.55. The molecule has 0 atom stereocenters. The van der Waals surface area contributed by atoms with Crippen molar-refractivity contribution in [2.45, 2.75) is 26.4 Å². The van der Waals surface area contributed by atoms with Crippen molar-refractivity contribution in [2.24, 2.45) is 12.9 Å². The predicted molar refractivity (Wildman–Crippen MR) is 81.5 cm³/mol. The van der Waals surface area contributed by atoms with Crippen molar-refractivity contribution in [3.8, 4) is 0 Å². The Labute approximate surface area is 124 Å². The SMILES string of the molecule is COCCN(Cc1nc(NN)c2cnn(C)c2n1)C(C)C. The first-order chi connectivity index (χ1) is 10.1. The molecule has 116 valence electrons. The topological polar surface area (TPSA) is 94.1 Å². The molecule has 0 unspecified atom stereocenters. The maximum atomic E-state index is 5.55. The number of hydrogen-bond donors (Lipinski definition) is 2. The Morgan fingerprint density at radius 3 is 2.81 bits per heavy atom. The van der Waals surface area contributed by atoms with Crippen LogP contribution in [0.1, 0.15) is 19.7 Å². The summed E-state index contributed by atoms with van der Waals surface area (Å²) in [5, 5.41) is 5.01. The second kappa shape index (κ2) is 6.79. The zero-order valence-electron chi connectivity index (χ0n) is 13.0. The van der Waals surface area contributed by atoms with E-state index < -0.39 is 0 Å². The van der Waals surface area contributed by atoms with Crippen molar-refractivity contribution < 1.29 is 4.74 Å². The number of nitrogens with zero attached hydrogens (tertiary/aromatic N) is 5. The molecule has 0 aromatic carbocycles. The van der Waals surface area contributed by atoms with E-state index in [1.807, 2.05) is 7.05 Å². The molecule has 0 saturated heterocycles. The molecule has 2 heterocycles. The first-order valence-corrected chi connectivity index (χ1v) is 6.95. The summed E-state index contributed by atoms with van der Waals surface area (Å²) in [4.78, 5) is 11.3. The van der Waals surface area contributed by atoms with Crippen LogP contribution in [0.15, 0.2) is 6.20 Å². The molecule has 0 aliphatic heterocycles. The predicted octanol–water partition coefficient (Wildman–Crippen LogP) is 0.506. The van der Waals surface area contributed by atoms with Crippen LogP contribution in [0.3, 0.4) is 0 Å². The Balaban J connectivity index is 2.30. The molecule has 2 aromatic heterocycles. The number of aromatic nitrogens is 4. The lowest BCUT2D eigenvalue weighted by Crippen LogP contribution is -2.34. The fraction of sp³-hybridized carbons (Fsp3) is 0.615. The lowest BCUT2D eigenvalue weighted by molar-refractivity contribution is 0.123. The molecule has 0 aliphatic rings. The minimum Gasteiger partial charge on any atom is -0.383 e. The summed E-state index contributed by atoms with van der Waals surface area (Å²) in [6, 6.07) is 0.375. The van der Waals surface area contributed by atoms with E-state index in [0.717, 1.165) is 17.6 Å². The van der Waals surface area contributed by atoms with Crippen molar-refractivity contribution >= 4 is 16.9 Å². The first kappa shape index (κ1) is 15.6. The number of anilines is 1. The van der Waals surface area contributed by atoms with Gasteiger partial charge in [-0.1, -0.05) is 0 Å². The van der Waals surface area contributed by atoms with Gasteiger partial charge in [-0.15, -0.1) is 0 Å². The Bertz CT molecular complexity index is 595. The van der Waals surface area contributed by atoms with E-state index in [0.29, 0.717) is 30.8 Å². The number of hydrazine groups is 1. The van der Waals surface area contributed by atoms with Crippen molar-refractivity contribution in [2.75, 3.05) is 25.7 Å². The van der Waals surface area contributed by atoms with Crippen LogP contribution in [-0.2, 0) is 18.3 Å². The van der Waals surface area contributed by atoms with Gasteiger partial charge in [0, 0.05) is 26.7 Å². The average Bonchev–Trinajstić information content (AvgIpc) is 2.84. The summed E-state index contributed by atoms with van der Waals surface area (Å²) in [5.41, 5.74) is 3.39. The second-order valence-corrected chi connectivity index (χ2v) is 5.20. The van der Waals surface area contributed by atoms with Crippen molar-refractivity contribution in [1.29, 1.82) is 0 Å². The summed E-state index contributed by atoms with van der Waals surface area (Å²) in [5.74, 6) is 6.86. The fourth-order valence-corrected chi connectivity index (χ4v) is 2.16. The molecule has 0 aliphatic carbocycles. The highest BCUT2D eigenvalue weighted by Crippen LogP contribution is 2.19. The van der Waals surface area contributed by atoms with Gasteiger partial charge >= 0.3 is 0 Å². The van der Waals surface area contributed by atoms with Crippen LogP contribution in [0, 0.1) is 0 Å². The number of methoxy groups -OCH3 is 1. The van der Waals surface area contributed by atoms with Crippen LogP contribution in [-0.4, -0.2) is 51.0 Å². The largest absolute Gasteiger partial charge is 0.383 e. The third-order valence-corrected chi connectivity index (χ3v) is 3.43. The van der Waals surface area contributed by atoms with Crippen LogP contribution in [0.25, 0.3) is 11.0 Å². The van der Waals surface area contributed by atoms with Crippen LogP contribution in [0.4, 0.5) is 5.82 Å². The number of nitrogen functional groups attached to an aromatic ring is 1. The molecule has 8 heteroatoms. The molecule has 0 saturated carbocycles. The van der Waals surface area contributed by atoms with Crippen molar-refractivity contribution in [3.05, 3.63) is 12.0 Å². The molecular formula is C13H23N7O. The van der Waals surface area contributed by atoms with E-state index in [-0.39, 0.29) is 0 Å². The number of rotatable bonds is 7. The maximum Gasteiger partial charge on any atom is 0.163 e. The summed E-state index contributed by atoms with van der Waals surface area (Å²) in [6.45, 7) is 6.41. The summed E-state index contributed by atoms with van der Waals surface area (Å²) >= 11 is 0. The van der Waals surface area contributed by atoms with E-state index in [2.05, 4.69) is 39.2 Å². The zero-order chi connectivity index (χ0) is 15.4. The van der Waals surface area contributed by atoms with Crippen molar-refractivity contribution in [1.82, 2.24) is 24.6 Å². The molecule has 8 nitrogen and oxygen atoms in total. The highest BCUT2D eigenvalue weighted by atomic mass is 16.5. The van der Waals surface area contributed by atoms with Gasteiger partial charge in [-0.05, 0) is 13.8 Å². The van der Waals surface area contributed by atoms with E-state index in [9.17, 15) is 0 Å². The highest BCUT2D eigenvalue weighted by molar-refractivity contribution is 5.86. The van der Waals surface area contributed by atoms with Gasteiger partial charge in [0.05, 0.1) is 24.7 Å². The quantitative estimate of drug-likeness (QED) is 0.567. The molecular weight excluding hydrogens is 270 g/mol. The van der Waals surface area contributed by atoms with E-state index in [1.54, 1.807) is 18.0 Å². The Kier molecular flexibility index (Phi) is 5.05. The molecule has 0 amide bonds. The summed E-state index contributed by atoms with van der Waals surface area (Å²) < 4.78 is 6.87. The van der Waals surface area contributed by atoms with Gasteiger partial charge in [0.25, 0.3) is 0 Å². The number of hydrogen-bond acceptors (Lipinski definition) is 7. The first-order valence-electron chi connectivity index (χ1n) is 6.95. The van der Waals surface area contributed by atoms with Crippen LogP contribution < -0.4 is 11.3 Å². The molecule has 0 radical (unpaired) electrons. The fourth-order valence-electron chi connectivity index (χ4n) is 2.16. The van der Waals surface area contributed by atoms with Crippen LogP contribution in [0.2, 0.25) is 0 Å². The van der Waals surface area contributed by atoms with Gasteiger partial charge < -0.3 is 10.2 Å². The van der Waals surface area contributed by atoms with Crippen LogP contribution >= 0.6 is 0 Å². The number of fused-ring (bicyclic) bond motifs is 1. The molecule has 3 N–H and O–H groups in total. The van der Waals surface area contributed by atoms with Gasteiger partial charge in [0.2, 0.25) is 0 Å². The standard InChI is InChI=1S/C13H23N7O/c1-9(2)20(5-6-21-4)8-11-16-12(18-14)10-7-15-19(3)13(10)17-11/h7,9H,5-6,8,14H2,1-4H3,(H,16,17,18). The Hall–Kier alpha value is -1.77. The molecule has 2 rings (SSSR count). The monoisotopic (exact) mass is 293 g/mol. The molecule has 21 heavy (non-hydrogen) atoms.